The van der Waals surface area contributed by atoms with Gasteiger partial charge >= 0.3 is 0 Å². The molecule has 0 bridgehead atoms. The zero-order valence-corrected chi connectivity index (χ0v) is 8.88. The molecule has 6 nitrogen and oxygen atoms in total. The molecule has 0 radical (unpaired) electrons. The van der Waals surface area contributed by atoms with E-state index in [9.17, 15) is 0 Å². The number of hydrogen-bond donors (Lipinski definition) is 0. The predicted molar refractivity (Wildman–Crippen MR) is 53.9 cm³/mol. The summed E-state index contributed by atoms with van der Waals surface area (Å²) in [4.78, 5) is 5.46. The Morgan fingerprint density at radius 1 is 1.50 bits per heavy atom. The first-order valence-corrected chi connectivity index (χ1v) is 4.89. The van der Waals surface area contributed by atoms with Gasteiger partial charge in [-0.05, 0) is 31.4 Å². The smallest absolute Gasteiger partial charge is 0.219 e. The topological polar surface area (TPSA) is 56.1 Å². The second-order valence-corrected chi connectivity index (χ2v) is 4.15. The maximum absolute atomic E-state index is 5.35. The quantitative estimate of drug-likeness (QED) is 0.684. The number of hydrogen-bond acceptors (Lipinski definition) is 5. The van der Waals surface area contributed by atoms with E-state index in [1.54, 1.807) is 6.20 Å². The Balaban J connectivity index is 2.25. The highest BCUT2D eigenvalue weighted by atomic mass is 31.1. The Morgan fingerprint density at radius 2 is 2.36 bits per heavy atom. The van der Waals surface area contributed by atoms with Gasteiger partial charge in [-0.1, -0.05) is 4.85 Å². The Hall–Kier alpha value is -1.26. The molecule has 14 heavy (non-hydrogen) atoms. The predicted octanol–water partition coefficient (Wildman–Crippen LogP) is 0.325. The van der Waals surface area contributed by atoms with Crippen LogP contribution in [0.15, 0.2) is 18.3 Å². The molecule has 2 aromatic heterocycles. The van der Waals surface area contributed by atoms with Crippen LogP contribution in [-0.4, -0.2) is 38.9 Å². The molecule has 1 unspecified atom stereocenters. The van der Waals surface area contributed by atoms with E-state index in [-0.39, 0.29) is 8.96 Å². The van der Waals surface area contributed by atoms with Gasteiger partial charge in [0.15, 0.2) is 8.96 Å². The summed E-state index contributed by atoms with van der Waals surface area (Å²) in [5.74, 6) is 0. The molecule has 2 aromatic rings. The lowest BCUT2D eigenvalue weighted by molar-refractivity contribution is 0.256. The number of pyridine rings is 1. The van der Waals surface area contributed by atoms with E-state index >= 15 is 0 Å². The molecule has 0 aliphatic heterocycles. The van der Waals surface area contributed by atoms with E-state index in [1.807, 2.05) is 30.9 Å². The molecular formula is C7H10N5OP. The van der Waals surface area contributed by atoms with Gasteiger partial charge in [-0.15, -0.1) is 5.10 Å². The molecule has 0 aliphatic carbocycles. The minimum absolute atomic E-state index is 0.200. The molecule has 0 N–H and O–H groups in total. The van der Waals surface area contributed by atoms with Gasteiger partial charge in [0.25, 0.3) is 0 Å². The lowest BCUT2D eigenvalue weighted by atomic mass is 10.4. The maximum atomic E-state index is 5.35. The van der Waals surface area contributed by atoms with Crippen LogP contribution in [0, 0.1) is 0 Å². The number of aromatic nitrogens is 4. The van der Waals surface area contributed by atoms with Crippen LogP contribution in [-0.2, 0) is 0 Å². The zero-order valence-electron chi connectivity index (χ0n) is 7.88. The third-order valence-electron chi connectivity index (χ3n) is 1.49. The summed E-state index contributed by atoms with van der Waals surface area (Å²) in [5, 5.41) is 7.74. The van der Waals surface area contributed by atoms with Crippen molar-refractivity contribution in [1.82, 2.24) is 24.8 Å². The Bertz CT molecular complexity index is 429. The van der Waals surface area contributed by atoms with E-state index in [4.69, 9.17) is 4.62 Å². The highest BCUT2D eigenvalue weighted by Gasteiger charge is 2.05. The van der Waals surface area contributed by atoms with Gasteiger partial charge in [-0.2, -0.15) is 0 Å². The standard InChI is InChI=1S/C7H10N5OP/c1-11(2)14-13-12-7-6(9-10-12)4-3-5-8-7/h3-5,14H,1-2H3. The van der Waals surface area contributed by atoms with Crippen molar-refractivity contribution in [2.75, 3.05) is 14.1 Å². The molecule has 0 amide bonds. The molecule has 2 rings (SSSR count). The molecule has 0 aliphatic rings. The largest absolute Gasteiger partial charge is 0.361 e. The van der Waals surface area contributed by atoms with Gasteiger partial charge in [0, 0.05) is 6.20 Å². The second-order valence-electron chi connectivity index (χ2n) is 2.89. The van der Waals surface area contributed by atoms with Crippen molar-refractivity contribution in [2.24, 2.45) is 0 Å². The van der Waals surface area contributed by atoms with Crippen LogP contribution < -0.4 is 4.62 Å². The van der Waals surface area contributed by atoms with Crippen LogP contribution in [0.4, 0.5) is 0 Å². The van der Waals surface area contributed by atoms with Crippen LogP contribution in [0.5, 0.6) is 0 Å². The molecule has 0 saturated carbocycles. The second kappa shape index (κ2) is 3.86. The van der Waals surface area contributed by atoms with E-state index in [0.29, 0.717) is 5.65 Å². The van der Waals surface area contributed by atoms with Crippen LogP contribution in [0.2, 0.25) is 0 Å². The summed E-state index contributed by atoms with van der Waals surface area (Å²) in [6.07, 6.45) is 1.68. The third kappa shape index (κ3) is 1.81. The van der Waals surface area contributed by atoms with Gasteiger partial charge < -0.3 is 4.62 Å². The van der Waals surface area contributed by atoms with E-state index in [0.717, 1.165) is 5.52 Å². The lowest BCUT2D eigenvalue weighted by Crippen LogP contribution is -2.10. The summed E-state index contributed by atoms with van der Waals surface area (Å²) < 4.78 is 7.27. The van der Waals surface area contributed by atoms with Crippen LogP contribution in [0.1, 0.15) is 0 Å². The zero-order chi connectivity index (χ0) is 9.97. The van der Waals surface area contributed by atoms with E-state index in [1.165, 1.54) is 4.85 Å². The molecule has 74 valence electrons. The average molecular weight is 211 g/mol. The van der Waals surface area contributed by atoms with Crippen molar-refractivity contribution in [2.45, 2.75) is 0 Å². The fraction of sp³-hybridized carbons (Fsp3) is 0.286. The molecule has 0 aromatic carbocycles. The van der Waals surface area contributed by atoms with Crippen LogP contribution in [0.3, 0.4) is 0 Å². The minimum Gasteiger partial charge on any atom is -0.361 e. The van der Waals surface area contributed by atoms with Gasteiger partial charge in [-0.3, -0.25) is 4.67 Å². The first kappa shape index (κ1) is 9.30. The summed E-state index contributed by atoms with van der Waals surface area (Å²) in [5.41, 5.74) is 1.37. The van der Waals surface area contributed by atoms with Gasteiger partial charge in [-0.25, -0.2) is 4.98 Å². The lowest BCUT2D eigenvalue weighted by Gasteiger charge is -2.08. The SMILES string of the molecule is CN(C)POn1nnc2cccnc21. The highest BCUT2D eigenvalue weighted by molar-refractivity contribution is 7.29. The van der Waals surface area contributed by atoms with Gasteiger partial charge in [0.1, 0.15) is 5.52 Å². The Labute approximate surface area is 82.7 Å². The van der Waals surface area contributed by atoms with Crippen molar-refractivity contribution < 1.29 is 4.62 Å². The fourth-order valence-electron chi connectivity index (χ4n) is 0.927. The summed E-state index contributed by atoms with van der Waals surface area (Å²) in [7, 11) is 4.04. The Kier molecular flexibility index (Phi) is 2.56. The summed E-state index contributed by atoms with van der Waals surface area (Å²) in [6, 6.07) is 3.66. The van der Waals surface area contributed by atoms with Crippen LogP contribution in [0.25, 0.3) is 11.2 Å². The number of rotatable bonds is 3. The first-order chi connectivity index (χ1) is 6.77. The summed E-state index contributed by atoms with van der Waals surface area (Å²) >= 11 is 0. The molecule has 0 spiro atoms. The molecule has 0 saturated heterocycles. The highest BCUT2D eigenvalue weighted by Crippen LogP contribution is 2.12. The van der Waals surface area contributed by atoms with Crippen molar-refractivity contribution in [3.05, 3.63) is 18.3 Å². The molecule has 7 heteroatoms. The molecular weight excluding hydrogens is 201 g/mol. The van der Waals surface area contributed by atoms with Gasteiger partial charge in [0.2, 0.25) is 5.65 Å². The van der Waals surface area contributed by atoms with Crippen molar-refractivity contribution in [3.63, 3.8) is 0 Å². The number of fused-ring (bicyclic) bond motifs is 1. The van der Waals surface area contributed by atoms with Crippen LogP contribution >= 0.6 is 8.96 Å². The summed E-state index contributed by atoms with van der Waals surface area (Å²) in [6.45, 7) is 0. The normalized spacial score (nSPS) is 11.9. The first-order valence-electron chi connectivity index (χ1n) is 4.04. The molecule has 2 heterocycles. The molecule has 1 atom stereocenters. The van der Waals surface area contributed by atoms with E-state index in [2.05, 4.69) is 15.3 Å². The van der Waals surface area contributed by atoms with Gasteiger partial charge in [0.05, 0.1) is 0 Å². The Morgan fingerprint density at radius 3 is 3.14 bits per heavy atom. The average Bonchev–Trinajstić information content (AvgIpc) is 2.58. The third-order valence-corrected chi connectivity index (χ3v) is 2.11. The van der Waals surface area contributed by atoms with E-state index < -0.39 is 0 Å². The number of nitrogens with zero attached hydrogens (tertiary/aromatic N) is 5. The van der Waals surface area contributed by atoms with Crippen molar-refractivity contribution >= 4 is 20.1 Å². The van der Waals surface area contributed by atoms with Crippen molar-refractivity contribution in [1.29, 1.82) is 0 Å². The molecule has 0 fully saturated rings. The monoisotopic (exact) mass is 211 g/mol. The minimum atomic E-state index is 0.200. The fourth-order valence-corrected chi connectivity index (χ4v) is 1.29. The van der Waals surface area contributed by atoms with Crippen molar-refractivity contribution in [3.8, 4) is 0 Å². The maximum Gasteiger partial charge on any atom is 0.219 e.